The molecule has 0 aliphatic heterocycles. The molecule has 1 rings (SSSR count). The van der Waals surface area contributed by atoms with Gasteiger partial charge in [-0.25, -0.2) is 0 Å². The minimum atomic E-state index is 0.790. The fraction of sp³-hybridized carbons (Fsp3) is 0.455. The number of unbranched alkanes of at least 4 members (excludes halogenated alkanes) is 2. The third-order valence-electron chi connectivity index (χ3n) is 1.85. The van der Waals surface area contributed by atoms with Crippen molar-refractivity contribution in [3.8, 4) is 0 Å². The number of hydrogen-bond acceptors (Lipinski definition) is 0. The van der Waals surface area contributed by atoms with Crippen LogP contribution in [-0.2, 0) is 6.42 Å². The van der Waals surface area contributed by atoms with E-state index in [1.54, 1.807) is 0 Å². The minimum Gasteiger partial charge on any atom is -0.127 e. The molecule has 1 heteroatoms. The van der Waals surface area contributed by atoms with E-state index in [0.717, 1.165) is 18.7 Å². The van der Waals surface area contributed by atoms with Crippen molar-refractivity contribution in [2.24, 2.45) is 0 Å². The van der Waals surface area contributed by atoms with Gasteiger partial charge in [0.25, 0.3) is 0 Å². The molecule has 0 atom stereocenters. The number of halogens is 1. The Morgan fingerprint density at radius 1 is 1.17 bits per heavy atom. The average Bonchev–Trinajstić information content (AvgIpc) is 2.14. The van der Waals surface area contributed by atoms with E-state index in [-0.39, 0.29) is 0 Å². The SMILES string of the molecule is ClCCCCCc1[c]cccc1. The lowest BCUT2D eigenvalue weighted by Gasteiger charge is -1.98. The Hall–Kier alpha value is -0.490. The van der Waals surface area contributed by atoms with Crippen LogP contribution < -0.4 is 0 Å². The standard InChI is InChI=1S/C11H14Cl/c12-10-6-2-5-9-11-7-3-1-4-8-11/h1,3-4,7H,2,5-6,9-10H2. The fourth-order valence-corrected chi connectivity index (χ4v) is 1.36. The summed E-state index contributed by atoms with van der Waals surface area (Å²) in [6.07, 6.45) is 4.73. The molecule has 0 saturated heterocycles. The highest BCUT2D eigenvalue weighted by molar-refractivity contribution is 6.17. The maximum Gasteiger partial charge on any atom is 0.0223 e. The molecule has 1 aromatic carbocycles. The highest BCUT2D eigenvalue weighted by Gasteiger charge is 1.91. The molecule has 0 aliphatic carbocycles. The van der Waals surface area contributed by atoms with Crippen molar-refractivity contribution in [1.82, 2.24) is 0 Å². The van der Waals surface area contributed by atoms with E-state index in [9.17, 15) is 0 Å². The molecule has 0 amide bonds. The van der Waals surface area contributed by atoms with Gasteiger partial charge in [0.1, 0.15) is 0 Å². The smallest absolute Gasteiger partial charge is 0.0223 e. The first-order valence-electron chi connectivity index (χ1n) is 4.45. The predicted octanol–water partition coefficient (Wildman–Crippen LogP) is 3.44. The minimum absolute atomic E-state index is 0.790. The molecule has 0 spiro atoms. The zero-order valence-corrected chi connectivity index (χ0v) is 7.98. The third kappa shape index (κ3) is 3.77. The molecule has 0 unspecified atom stereocenters. The van der Waals surface area contributed by atoms with Gasteiger partial charge in [-0.15, -0.1) is 11.6 Å². The van der Waals surface area contributed by atoms with Crippen molar-refractivity contribution in [2.75, 3.05) is 5.88 Å². The molecule has 65 valence electrons. The van der Waals surface area contributed by atoms with Gasteiger partial charge in [-0.3, -0.25) is 0 Å². The van der Waals surface area contributed by atoms with Crippen molar-refractivity contribution >= 4 is 11.6 Å². The summed E-state index contributed by atoms with van der Waals surface area (Å²) in [5.41, 5.74) is 1.31. The molecule has 0 heterocycles. The first-order chi connectivity index (χ1) is 5.93. The number of rotatable bonds is 5. The zero-order chi connectivity index (χ0) is 8.65. The summed E-state index contributed by atoms with van der Waals surface area (Å²) in [5, 5.41) is 0. The van der Waals surface area contributed by atoms with Crippen LogP contribution in [0.3, 0.4) is 0 Å². The summed E-state index contributed by atoms with van der Waals surface area (Å²) in [6.45, 7) is 0. The second-order valence-electron chi connectivity index (χ2n) is 2.89. The molecule has 0 fully saturated rings. The van der Waals surface area contributed by atoms with Gasteiger partial charge in [-0.1, -0.05) is 30.7 Å². The molecule has 1 aromatic rings. The predicted molar refractivity (Wildman–Crippen MR) is 53.6 cm³/mol. The van der Waals surface area contributed by atoms with Gasteiger partial charge < -0.3 is 0 Å². The maximum absolute atomic E-state index is 5.58. The Morgan fingerprint density at radius 3 is 2.75 bits per heavy atom. The van der Waals surface area contributed by atoms with Crippen LogP contribution in [0, 0.1) is 6.07 Å². The average molecular weight is 182 g/mol. The second kappa shape index (κ2) is 6.07. The molecule has 0 bridgehead atoms. The van der Waals surface area contributed by atoms with E-state index < -0.39 is 0 Å². The van der Waals surface area contributed by atoms with E-state index >= 15 is 0 Å². The lowest BCUT2D eigenvalue weighted by Crippen LogP contribution is -1.85. The van der Waals surface area contributed by atoms with Gasteiger partial charge >= 0.3 is 0 Å². The van der Waals surface area contributed by atoms with E-state index in [1.165, 1.54) is 18.4 Å². The third-order valence-corrected chi connectivity index (χ3v) is 2.12. The Bertz CT molecular complexity index is 193. The molecule has 0 aliphatic rings. The van der Waals surface area contributed by atoms with Gasteiger partial charge in [0, 0.05) is 5.88 Å². The number of hydrogen-bond donors (Lipinski definition) is 0. The Labute approximate surface area is 79.6 Å². The summed E-state index contributed by atoms with van der Waals surface area (Å²) >= 11 is 5.58. The number of benzene rings is 1. The quantitative estimate of drug-likeness (QED) is 0.482. The zero-order valence-electron chi connectivity index (χ0n) is 7.22. The molecular formula is C11H14Cl. The van der Waals surface area contributed by atoms with Crippen molar-refractivity contribution < 1.29 is 0 Å². The molecule has 0 saturated carbocycles. The van der Waals surface area contributed by atoms with Crippen LogP contribution in [-0.4, -0.2) is 5.88 Å². The van der Waals surface area contributed by atoms with Crippen LogP contribution in [0.1, 0.15) is 24.8 Å². The lowest BCUT2D eigenvalue weighted by molar-refractivity contribution is 0.720. The highest BCUT2D eigenvalue weighted by Crippen LogP contribution is 2.05. The summed E-state index contributed by atoms with van der Waals surface area (Å²) in [4.78, 5) is 0. The maximum atomic E-state index is 5.58. The van der Waals surface area contributed by atoms with Gasteiger partial charge in [0.2, 0.25) is 0 Å². The van der Waals surface area contributed by atoms with Crippen molar-refractivity contribution in [2.45, 2.75) is 25.7 Å². The van der Waals surface area contributed by atoms with Crippen molar-refractivity contribution in [3.63, 3.8) is 0 Å². The van der Waals surface area contributed by atoms with Gasteiger partial charge in [0.05, 0.1) is 0 Å². The lowest BCUT2D eigenvalue weighted by atomic mass is 10.1. The Balaban J connectivity index is 2.16. The number of alkyl halides is 1. The van der Waals surface area contributed by atoms with E-state index in [0.29, 0.717) is 0 Å². The van der Waals surface area contributed by atoms with Crippen LogP contribution in [0.15, 0.2) is 24.3 Å². The molecule has 1 radical (unpaired) electrons. The highest BCUT2D eigenvalue weighted by atomic mass is 35.5. The van der Waals surface area contributed by atoms with Crippen molar-refractivity contribution in [1.29, 1.82) is 0 Å². The number of aryl methyl sites for hydroxylation is 1. The normalized spacial score (nSPS) is 10.1. The van der Waals surface area contributed by atoms with Crippen LogP contribution in [0.2, 0.25) is 0 Å². The fourth-order valence-electron chi connectivity index (χ4n) is 1.17. The van der Waals surface area contributed by atoms with E-state index in [4.69, 9.17) is 11.6 Å². The monoisotopic (exact) mass is 181 g/mol. The largest absolute Gasteiger partial charge is 0.127 e. The van der Waals surface area contributed by atoms with Crippen molar-refractivity contribution in [3.05, 3.63) is 35.9 Å². The Morgan fingerprint density at radius 2 is 2.08 bits per heavy atom. The van der Waals surface area contributed by atoms with Gasteiger partial charge in [-0.2, -0.15) is 0 Å². The summed E-state index contributed by atoms with van der Waals surface area (Å²) in [6, 6.07) is 11.4. The first kappa shape index (κ1) is 9.60. The van der Waals surface area contributed by atoms with Gasteiger partial charge in [-0.05, 0) is 30.9 Å². The van der Waals surface area contributed by atoms with E-state index in [2.05, 4.69) is 18.2 Å². The molecule has 0 N–H and O–H groups in total. The summed E-state index contributed by atoms with van der Waals surface area (Å²) in [7, 11) is 0. The van der Waals surface area contributed by atoms with E-state index in [1.807, 2.05) is 12.1 Å². The van der Waals surface area contributed by atoms with Crippen LogP contribution >= 0.6 is 11.6 Å². The molecular weight excluding hydrogens is 168 g/mol. The summed E-state index contributed by atoms with van der Waals surface area (Å²) < 4.78 is 0. The van der Waals surface area contributed by atoms with Crippen LogP contribution in [0.25, 0.3) is 0 Å². The van der Waals surface area contributed by atoms with Crippen LogP contribution in [0.5, 0.6) is 0 Å². The molecule has 12 heavy (non-hydrogen) atoms. The van der Waals surface area contributed by atoms with Gasteiger partial charge in [0.15, 0.2) is 0 Å². The molecule has 0 nitrogen and oxygen atoms in total. The summed E-state index contributed by atoms with van der Waals surface area (Å²) in [5.74, 6) is 0.790. The topological polar surface area (TPSA) is 0 Å². The Kier molecular flexibility index (Phi) is 4.86. The second-order valence-corrected chi connectivity index (χ2v) is 3.27. The molecule has 0 aromatic heterocycles. The first-order valence-corrected chi connectivity index (χ1v) is 4.98. The van der Waals surface area contributed by atoms with Crippen LogP contribution in [0.4, 0.5) is 0 Å².